The molecule has 0 aromatic heterocycles. The van der Waals surface area contributed by atoms with E-state index in [0.717, 1.165) is 12.3 Å². The normalized spacial score (nSPS) is 12.4. The standard InChI is InChI=1S/C13H21NOS/c1-11(14-9-4-10-16-3)12-5-7-13(15-2)8-6-12/h5-8,11,14H,4,9-10H2,1-3H3/t11-/m1/s1. The second-order valence-corrected chi connectivity index (χ2v) is 4.78. The molecule has 0 aliphatic carbocycles. The average molecular weight is 239 g/mol. The van der Waals surface area contributed by atoms with Crippen molar-refractivity contribution >= 4 is 11.8 Å². The number of rotatable bonds is 7. The molecule has 0 spiro atoms. The van der Waals surface area contributed by atoms with Crippen molar-refractivity contribution in [3.05, 3.63) is 29.8 Å². The second kappa shape index (κ2) is 7.58. The monoisotopic (exact) mass is 239 g/mol. The first-order chi connectivity index (χ1) is 7.77. The minimum atomic E-state index is 0.410. The van der Waals surface area contributed by atoms with Crippen molar-refractivity contribution in [1.29, 1.82) is 0 Å². The Bertz CT molecular complexity index is 286. The molecule has 16 heavy (non-hydrogen) atoms. The molecule has 3 heteroatoms. The van der Waals surface area contributed by atoms with Crippen molar-refractivity contribution in [2.24, 2.45) is 0 Å². The summed E-state index contributed by atoms with van der Waals surface area (Å²) in [5, 5.41) is 3.52. The van der Waals surface area contributed by atoms with Crippen LogP contribution in [0.3, 0.4) is 0 Å². The van der Waals surface area contributed by atoms with E-state index in [-0.39, 0.29) is 0 Å². The summed E-state index contributed by atoms with van der Waals surface area (Å²) in [5.74, 6) is 2.14. The van der Waals surface area contributed by atoms with Crippen molar-refractivity contribution in [3.63, 3.8) is 0 Å². The van der Waals surface area contributed by atoms with Crippen LogP contribution >= 0.6 is 11.8 Å². The van der Waals surface area contributed by atoms with Gasteiger partial charge in [0.05, 0.1) is 7.11 Å². The van der Waals surface area contributed by atoms with Gasteiger partial charge in [-0.1, -0.05) is 12.1 Å². The third-order valence-corrected chi connectivity index (χ3v) is 3.29. The number of methoxy groups -OCH3 is 1. The summed E-state index contributed by atoms with van der Waals surface area (Å²) in [4.78, 5) is 0. The van der Waals surface area contributed by atoms with Gasteiger partial charge in [-0.2, -0.15) is 11.8 Å². The molecule has 0 bridgehead atoms. The zero-order chi connectivity index (χ0) is 11.8. The molecule has 0 radical (unpaired) electrons. The number of hydrogen-bond donors (Lipinski definition) is 1. The number of hydrogen-bond acceptors (Lipinski definition) is 3. The highest BCUT2D eigenvalue weighted by Gasteiger charge is 2.03. The van der Waals surface area contributed by atoms with Gasteiger partial charge in [0, 0.05) is 6.04 Å². The van der Waals surface area contributed by atoms with E-state index in [9.17, 15) is 0 Å². The Hall–Kier alpha value is -0.670. The Balaban J connectivity index is 2.37. The Kier molecular flexibility index (Phi) is 6.34. The van der Waals surface area contributed by atoms with E-state index in [1.165, 1.54) is 17.7 Å². The smallest absolute Gasteiger partial charge is 0.118 e. The van der Waals surface area contributed by atoms with Gasteiger partial charge in [0.2, 0.25) is 0 Å². The van der Waals surface area contributed by atoms with Crippen molar-refractivity contribution in [3.8, 4) is 5.75 Å². The SMILES string of the molecule is COc1ccc([C@@H](C)NCCCSC)cc1. The van der Waals surface area contributed by atoms with Gasteiger partial charge in [-0.3, -0.25) is 0 Å². The molecule has 0 aliphatic heterocycles. The zero-order valence-electron chi connectivity index (χ0n) is 10.3. The topological polar surface area (TPSA) is 21.3 Å². The van der Waals surface area contributed by atoms with Gasteiger partial charge in [-0.05, 0) is 49.6 Å². The summed E-state index contributed by atoms with van der Waals surface area (Å²) in [6.07, 6.45) is 3.37. The molecule has 0 fully saturated rings. The first-order valence-electron chi connectivity index (χ1n) is 5.64. The molecule has 0 saturated heterocycles. The molecular formula is C13H21NOS. The van der Waals surface area contributed by atoms with Crippen LogP contribution in [0.2, 0.25) is 0 Å². The van der Waals surface area contributed by atoms with Crippen LogP contribution < -0.4 is 10.1 Å². The second-order valence-electron chi connectivity index (χ2n) is 3.80. The lowest BCUT2D eigenvalue weighted by atomic mass is 10.1. The molecule has 1 aromatic rings. The minimum Gasteiger partial charge on any atom is -0.497 e. The highest BCUT2D eigenvalue weighted by molar-refractivity contribution is 7.98. The molecule has 0 unspecified atom stereocenters. The van der Waals surface area contributed by atoms with Crippen molar-refractivity contribution < 1.29 is 4.74 Å². The van der Waals surface area contributed by atoms with Crippen LogP contribution in [0.1, 0.15) is 24.9 Å². The van der Waals surface area contributed by atoms with E-state index in [2.05, 4.69) is 30.6 Å². The number of thioether (sulfide) groups is 1. The molecule has 90 valence electrons. The van der Waals surface area contributed by atoms with Crippen molar-refractivity contribution in [1.82, 2.24) is 5.32 Å². The molecule has 1 rings (SSSR count). The van der Waals surface area contributed by atoms with Crippen LogP contribution in [0.4, 0.5) is 0 Å². The highest BCUT2D eigenvalue weighted by Crippen LogP contribution is 2.17. The van der Waals surface area contributed by atoms with E-state index >= 15 is 0 Å². The zero-order valence-corrected chi connectivity index (χ0v) is 11.1. The van der Waals surface area contributed by atoms with Crippen LogP contribution in [-0.2, 0) is 0 Å². The summed E-state index contributed by atoms with van der Waals surface area (Å²) >= 11 is 1.90. The van der Waals surface area contributed by atoms with Crippen LogP contribution in [0.25, 0.3) is 0 Å². The number of benzene rings is 1. The Morgan fingerprint density at radius 3 is 2.56 bits per heavy atom. The van der Waals surface area contributed by atoms with Gasteiger partial charge in [0.25, 0.3) is 0 Å². The fourth-order valence-corrected chi connectivity index (χ4v) is 1.98. The largest absolute Gasteiger partial charge is 0.497 e. The molecule has 1 atom stereocenters. The van der Waals surface area contributed by atoms with Gasteiger partial charge in [-0.15, -0.1) is 0 Å². The predicted molar refractivity (Wildman–Crippen MR) is 72.4 cm³/mol. The van der Waals surface area contributed by atoms with Gasteiger partial charge >= 0.3 is 0 Å². The molecular weight excluding hydrogens is 218 g/mol. The fraction of sp³-hybridized carbons (Fsp3) is 0.538. The Morgan fingerprint density at radius 1 is 1.31 bits per heavy atom. The summed E-state index contributed by atoms with van der Waals surface area (Å²) in [7, 11) is 1.69. The summed E-state index contributed by atoms with van der Waals surface area (Å²) < 4.78 is 5.14. The molecule has 0 amide bonds. The quantitative estimate of drug-likeness (QED) is 0.739. The molecule has 1 N–H and O–H groups in total. The maximum atomic E-state index is 5.14. The van der Waals surface area contributed by atoms with Gasteiger partial charge in [0.1, 0.15) is 5.75 Å². The molecule has 0 heterocycles. The van der Waals surface area contributed by atoms with Gasteiger partial charge < -0.3 is 10.1 Å². The van der Waals surface area contributed by atoms with Crippen LogP contribution in [0, 0.1) is 0 Å². The molecule has 0 saturated carbocycles. The van der Waals surface area contributed by atoms with Crippen LogP contribution in [0.15, 0.2) is 24.3 Å². The average Bonchev–Trinajstić information content (AvgIpc) is 2.34. The van der Waals surface area contributed by atoms with Crippen LogP contribution in [-0.4, -0.2) is 25.7 Å². The van der Waals surface area contributed by atoms with Crippen LogP contribution in [0.5, 0.6) is 5.75 Å². The van der Waals surface area contributed by atoms with E-state index < -0.39 is 0 Å². The lowest BCUT2D eigenvalue weighted by molar-refractivity contribution is 0.414. The summed E-state index contributed by atoms with van der Waals surface area (Å²) in [6.45, 7) is 3.27. The maximum absolute atomic E-state index is 5.14. The number of nitrogens with one attached hydrogen (secondary N) is 1. The third-order valence-electron chi connectivity index (χ3n) is 2.59. The first-order valence-corrected chi connectivity index (χ1v) is 7.03. The Morgan fingerprint density at radius 2 is 2.00 bits per heavy atom. The summed E-state index contributed by atoms with van der Waals surface area (Å²) in [6, 6.07) is 8.66. The molecule has 2 nitrogen and oxygen atoms in total. The lowest BCUT2D eigenvalue weighted by Crippen LogP contribution is -2.20. The molecule has 1 aromatic carbocycles. The van der Waals surface area contributed by atoms with Gasteiger partial charge in [-0.25, -0.2) is 0 Å². The van der Waals surface area contributed by atoms with Crippen molar-refractivity contribution in [2.75, 3.05) is 25.7 Å². The predicted octanol–water partition coefficient (Wildman–Crippen LogP) is 3.10. The van der Waals surface area contributed by atoms with Gasteiger partial charge in [0.15, 0.2) is 0 Å². The van der Waals surface area contributed by atoms with E-state index in [0.29, 0.717) is 6.04 Å². The fourth-order valence-electron chi connectivity index (χ4n) is 1.55. The van der Waals surface area contributed by atoms with E-state index in [4.69, 9.17) is 4.74 Å². The Labute approximate surface area is 103 Å². The van der Waals surface area contributed by atoms with E-state index in [1.54, 1.807) is 7.11 Å². The first kappa shape index (κ1) is 13.4. The minimum absolute atomic E-state index is 0.410. The maximum Gasteiger partial charge on any atom is 0.118 e. The number of ether oxygens (including phenoxy) is 1. The van der Waals surface area contributed by atoms with Crippen molar-refractivity contribution in [2.45, 2.75) is 19.4 Å². The third kappa shape index (κ3) is 4.45. The summed E-state index contributed by atoms with van der Waals surface area (Å²) in [5.41, 5.74) is 1.31. The lowest BCUT2D eigenvalue weighted by Gasteiger charge is -2.14. The highest BCUT2D eigenvalue weighted by atomic mass is 32.2. The van der Waals surface area contributed by atoms with E-state index in [1.807, 2.05) is 23.9 Å². The molecule has 0 aliphatic rings.